The summed E-state index contributed by atoms with van der Waals surface area (Å²) in [4.78, 5) is 19.2. The molecule has 1 amide bonds. The number of benzene rings is 1. The van der Waals surface area contributed by atoms with E-state index in [-0.39, 0.29) is 12.0 Å². The van der Waals surface area contributed by atoms with Crippen LogP contribution < -0.4 is 10.4 Å². The maximum atomic E-state index is 11.7. The van der Waals surface area contributed by atoms with Crippen LogP contribution in [-0.4, -0.2) is 26.1 Å². The van der Waals surface area contributed by atoms with Gasteiger partial charge < -0.3 is 4.90 Å². The van der Waals surface area contributed by atoms with Crippen LogP contribution in [0.15, 0.2) is 24.3 Å². The second-order valence-electron chi connectivity index (χ2n) is 5.61. The summed E-state index contributed by atoms with van der Waals surface area (Å²) in [5.74, 6) is -0.0337. The standard InChI is InChI=1S/C16H24N2O2/c1-18(2)14-10-7-13(8-11-14)9-12-16(19)17-20-15-5-3-4-6-15/h7-8,10-11,15H,3-6,9,12H2,1-2H3,(H,17,19). The minimum absolute atomic E-state index is 0.0337. The van der Waals surface area contributed by atoms with Gasteiger partial charge in [-0.05, 0) is 37.0 Å². The molecule has 4 nitrogen and oxygen atoms in total. The average Bonchev–Trinajstić information content (AvgIpc) is 2.96. The summed E-state index contributed by atoms with van der Waals surface area (Å²) in [6.07, 6.45) is 5.97. The van der Waals surface area contributed by atoms with Crippen molar-refractivity contribution < 1.29 is 9.63 Å². The zero-order valence-electron chi connectivity index (χ0n) is 12.4. The lowest BCUT2D eigenvalue weighted by atomic mass is 10.1. The molecule has 4 heteroatoms. The second kappa shape index (κ2) is 7.29. The summed E-state index contributed by atoms with van der Waals surface area (Å²) < 4.78 is 0. The van der Waals surface area contributed by atoms with Crippen LogP contribution in [0.5, 0.6) is 0 Å². The van der Waals surface area contributed by atoms with Crippen LogP contribution in [-0.2, 0) is 16.1 Å². The summed E-state index contributed by atoms with van der Waals surface area (Å²) in [6, 6.07) is 8.28. The third-order valence-corrected chi connectivity index (χ3v) is 3.74. The Kier molecular flexibility index (Phi) is 5.41. The van der Waals surface area contributed by atoms with Gasteiger partial charge >= 0.3 is 0 Å². The molecule has 110 valence electrons. The van der Waals surface area contributed by atoms with Crippen molar-refractivity contribution in [3.63, 3.8) is 0 Å². The first-order valence-electron chi connectivity index (χ1n) is 7.36. The molecule has 1 aliphatic carbocycles. The zero-order chi connectivity index (χ0) is 14.4. The fraction of sp³-hybridized carbons (Fsp3) is 0.562. The quantitative estimate of drug-likeness (QED) is 0.812. The fourth-order valence-electron chi connectivity index (χ4n) is 2.42. The number of carbonyl (C=O) groups excluding carboxylic acids is 1. The highest BCUT2D eigenvalue weighted by atomic mass is 16.7. The monoisotopic (exact) mass is 276 g/mol. The number of anilines is 1. The van der Waals surface area contributed by atoms with Crippen molar-refractivity contribution in [3.8, 4) is 0 Å². The molecule has 1 saturated carbocycles. The van der Waals surface area contributed by atoms with E-state index >= 15 is 0 Å². The second-order valence-corrected chi connectivity index (χ2v) is 5.61. The van der Waals surface area contributed by atoms with Crippen molar-refractivity contribution in [2.75, 3.05) is 19.0 Å². The van der Waals surface area contributed by atoms with E-state index < -0.39 is 0 Å². The molecule has 0 spiro atoms. The van der Waals surface area contributed by atoms with Crippen molar-refractivity contribution >= 4 is 11.6 Å². The number of hydroxylamine groups is 1. The summed E-state index contributed by atoms with van der Waals surface area (Å²) in [6.45, 7) is 0. The summed E-state index contributed by atoms with van der Waals surface area (Å²) >= 11 is 0. The Bertz CT molecular complexity index is 423. The number of hydrogen-bond acceptors (Lipinski definition) is 3. The van der Waals surface area contributed by atoms with Gasteiger partial charge in [0.2, 0.25) is 5.91 Å². The largest absolute Gasteiger partial charge is 0.378 e. The molecular weight excluding hydrogens is 252 g/mol. The number of nitrogens with one attached hydrogen (secondary N) is 1. The topological polar surface area (TPSA) is 41.6 Å². The van der Waals surface area contributed by atoms with Gasteiger partial charge in [-0.3, -0.25) is 9.63 Å². The fourth-order valence-corrected chi connectivity index (χ4v) is 2.42. The first-order chi connectivity index (χ1) is 9.65. The SMILES string of the molecule is CN(C)c1ccc(CCC(=O)NOC2CCCC2)cc1. The van der Waals surface area contributed by atoms with Crippen molar-refractivity contribution in [2.24, 2.45) is 0 Å². The van der Waals surface area contributed by atoms with Crippen LogP contribution in [0.25, 0.3) is 0 Å². The summed E-state index contributed by atoms with van der Waals surface area (Å²) in [7, 11) is 4.03. The van der Waals surface area contributed by atoms with Crippen LogP contribution in [0.2, 0.25) is 0 Å². The molecule has 1 aliphatic rings. The highest BCUT2D eigenvalue weighted by Crippen LogP contribution is 2.20. The molecule has 0 unspecified atom stereocenters. The Labute approximate surface area is 121 Å². The van der Waals surface area contributed by atoms with Gasteiger partial charge in [-0.2, -0.15) is 0 Å². The lowest BCUT2D eigenvalue weighted by Crippen LogP contribution is -2.28. The van der Waals surface area contributed by atoms with Crippen LogP contribution in [0.4, 0.5) is 5.69 Å². The zero-order valence-corrected chi connectivity index (χ0v) is 12.4. The molecule has 20 heavy (non-hydrogen) atoms. The molecule has 0 saturated heterocycles. The van der Waals surface area contributed by atoms with E-state index in [0.717, 1.165) is 19.3 Å². The van der Waals surface area contributed by atoms with Gasteiger partial charge in [0.1, 0.15) is 0 Å². The molecule has 0 atom stereocenters. The van der Waals surface area contributed by atoms with E-state index in [2.05, 4.69) is 34.6 Å². The Morgan fingerprint density at radius 2 is 1.90 bits per heavy atom. The lowest BCUT2D eigenvalue weighted by molar-refractivity contribution is -0.138. The predicted molar refractivity (Wildman–Crippen MR) is 80.6 cm³/mol. The van der Waals surface area contributed by atoms with E-state index in [1.54, 1.807) is 0 Å². The Balaban J connectivity index is 1.69. The molecule has 2 rings (SSSR count). The number of carbonyl (C=O) groups is 1. The minimum Gasteiger partial charge on any atom is -0.378 e. The third-order valence-electron chi connectivity index (χ3n) is 3.74. The van der Waals surface area contributed by atoms with Crippen LogP contribution in [0.3, 0.4) is 0 Å². The van der Waals surface area contributed by atoms with E-state index in [4.69, 9.17) is 4.84 Å². The van der Waals surface area contributed by atoms with Gasteiger partial charge in [0.25, 0.3) is 0 Å². The predicted octanol–water partition coefficient (Wildman–Crippen LogP) is 2.68. The van der Waals surface area contributed by atoms with Crippen LogP contribution in [0, 0.1) is 0 Å². The van der Waals surface area contributed by atoms with Gasteiger partial charge in [-0.25, -0.2) is 5.48 Å². The van der Waals surface area contributed by atoms with Gasteiger partial charge in [0, 0.05) is 26.2 Å². The number of amides is 1. The highest BCUT2D eigenvalue weighted by Gasteiger charge is 2.16. The Hall–Kier alpha value is -1.55. The van der Waals surface area contributed by atoms with E-state index in [9.17, 15) is 4.79 Å². The number of aryl methyl sites for hydroxylation is 1. The normalized spacial score (nSPS) is 15.3. The maximum absolute atomic E-state index is 11.7. The van der Waals surface area contributed by atoms with Crippen LogP contribution in [0.1, 0.15) is 37.7 Å². The molecule has 1 aromatic carbocycles. The van der Waals surface area contributed by atoms with Gasteiger partial charge in [0.15, 0.2) is 0 Å². The average molecular weight is 276 g/mol. The third kappa shape index (κ3) is 4.53. The first-order valence-corrected chi connectivity index (χ1v) is 7.36. The highest BCUT2D eigenvalue weighted by molar-refractivity contribution is 5.75. The van der Waals surface area contributed by atoms with Gasteiger partial charge in [0.05, 0.1) is 6.10 Å². The van der Waals surface area contributed by atoms with Crippen molar-refractivity contribution in [3.05, 3.63) is 29.8 Å². The van der Waals surface area contributed by atoms with E-state index in [1.807, 2.05) is 14.1 Å². The smallest absolute Gasteiger partial charge is 0.243 e. The van der Waals surface area contributed by atoms with Gasteiger partial charge in [-0.15, -0.1) is 0 Å². The number of rotatable bonds is 6. The molecule has 0 bridgehead atoms. The van der Waals surface area contributed by atoms with Gasteiger partial charge in [-0.1, -0.05) is 25.0 Å². The molecular formula is C16H24N2O2. The lowest BCUT2D eigenvalue weighted by Gasteiger charge is -2.13. The Morgan fingerprint density at radius 3 is 2.50 bits per heavy atom. The molecule has 1 fully saturated rings. The molecule has 0 heterocycles. The van der Waals surface area contributed by atoms with Crippen molar-refractivity contribution in [1.29, 1.82) is 0 Å². The number of hydrogen-bond donors (Lipinski definition) is 1. The molecule has 0 aliphatic heterocycles. The molecule has 0 aromatic heterocycles. The van der Waals surface area contributed by atoms with Crippen molar-refractivity contribution in [2.45, 2.75) is 44.6 Å². The molecule has 1 N–H and O–H groups in total. The number of nitrogens with zero attached hydrogens (tertiary/aromatic N) is 1. The molecule has 1 aromatic rings. The van der Waals surface area contributed by atoms with Crippen LogP contribution >= 0.6 is 0 Å². The summed E-state index contributed by atoms with van der Waals surface area (Å²) in [5.41, 5.74) is 4.92. The first kappa shape index (κ1) is 14.9. The Morgan fingerprint density at radius 1 is 1.25 bits per heavy atom. The summed E-state index contributed by atoms with van der Waals surface area (Å²) in [5, 5.41) is 0. The van der Waals surface area contributed by atoms with E-state index in [1.165, 1.54) is 24.1 Å². The van der Waals surface area contributed by atoms with E-state index in [0.29, 0.717) is 6.42 Å². The minimum atomic E-state index is -0.0337. The molecule has 0 radical (unpaired) electrons. The maximum Gasteiger partial charge on any atom is 0.243 e. The van der Waals surface area contributed by atoms with Crippen molar-refractivity contribution in [1.82, 2.24) is 5.48 Å².